The van der Waals surface area contributed by atoms with E-state index in [0.29, 0.717) is 19.5 Å². The number of benzene rings is 1. The minimum absolute atomic E-state index is 0.0482. The van der Waals surface area contributed by atoms with Crippen molar-refractivity contribution in [1.82, 2.24) is 9.71 Å². The summed E-state index contributed by atoms with van der Waals surface area (Å²) in [6.07, 6.45) is 4.04. The number of rotatable bonds is 7. The highest BCUT2D eigenvalue weighted by Crippen LogP contribution is 2.11. The van der Waals surface area contributed by atoms with Crippen LogP contribution in [0.4, 0.5) is 0 Å². The Kier molecular flexibility index (Phi) is 5.44. The first kappa shape index (κ1) is 15.6. The van der Waals surface area contributed by atoms with Crippen molar-refractivity contribution in [1.29, 1.82) is 0 Å². The van der Waals surface area contributed by atoms with Crippen molar-refractivity contribution in [3.8, 4) is 0 Å². The highest BCUT2D eigenvalue weighted by molar-refractivity contribution is 7.88. The Morgan fingerprint density at radius 3 is 2.52 bits per heavy atom. The van der Waals surface area contributed by atoms with E-state index in [0.717, 1.165) is 16.7 Å². The molecule has 1 aromatic heterocycles. The Balaban J connectivity index is 1.93. The van der Waals surface area contributed by atoms with Gasteiger partial charge in [-0.15, -0.1) is 0 Å². The van der Waals surface area contributed by atoms with Crippen LogP contribution in [0.2, 0.25) is 0 Å². The average molecular weight is 305 g/mol. The molecule has 6 heteroatoms. The molecule has 112 valence electrons. The molecule has 0 aliphatic rings. The zero-order valence-electron chi connectivity index (χ0n) is 11.7. The highest BCUT2D eigenvalue weighted by atomic mass is 32.2. The number of sulfonamides is 1. The van der Waals surface area contributed by atoms with Gasteiger partial charge in [0.25, 0.3) is 0 Å². The number of nitrogens with zero attached hydrogens (tertiary/aromatic N) is 1. The van der Waals surface area contributed by atoms with Gasteiger partial charge < -0.3 is 5.73 Å². The quantitative estimate of drug-likeness (QED) is 0.805. The fraction of sp³-hybridized carbons (Fsp3) is 0.267. The monoisotopic (exact) mass is 305 g/mol. The van der Waals surface area contributed by atoms with Crippen LogP contribution in [-0.4, -0.2) is 19.9 Å². The number of nitrogens with two attached hydrogens (primary N) is 1. The maximum absolute atomic E-state index is 12.1. The maximum Gasteiger partial charge on any atom is 0.215 e. The van der Waals surface area contributed by atoms with Gasteiger partial charge in [-0.05, 0) is 29.2 Å². The van der Waals surface area contributed by atoms with Crippen molar-refractivity contribution in [3.63, 3.8) is 0 Å². The minimum atomic E-state index is -3.36. The molecule has 0 aliphatic carbocycles. The topological polar surface area (TPSA) is 85.1 Å². The van der Waals surface area contributed by atoms with Gasteiger partial charge in [0.05, 0.1) is 5.75 Å². The van der Waals surface area contributed by atoms with E-state index in [1.54, 1.807) is 18.5 Å². The molecule has 0 amide bonds. The second-order valence-electron chi connectivity index (χ2n) is 4.74. The highest BCUT2D eigenvalue weighted by Gasteiger charge is 2.13. The van der Waals surface area contributed by atoms with Crippen LogP contribution in [0, 0.1) is 0 Å². The molecule has 0 saturated heterocycles. The molecular formula is C15H19N3O2S. The molecule has 5 nitrogen and oxygen atoms in total. The van der Waals surface area contributed by atoms with Gasteiger partial charge in [0, 0.05) is 25.5 Å². The maximum atomic E-state index is 12.1. The average Bonchev–Trinajstić information content (AvgIpc) is 2.48. The molecule has 1 heterocycles. The molecule has 3 N–H and O–H groups in total. The summed E-state index contributed by atoms with van der Waals surface area (Å²) in [5, 5.41) is 0. The Morgan fingerprint density at radius 1 is 1.10 bits per heavy atom. The Bertz CT molecular complexity index is 672. The van der Waals surface area contributed by atoms with E-state index in [-0.39, 0.29) is 5.75 Å². The van der Waals surface area contributed by atoms with Crippen LogP contribution < -0.4 is 10.5 Å². The van der Waals surface area contributed by atoms with Crippen LogP contribution in [0.3, 0.4) is 0 Å². The Labute approximate surface area is 125 Å². The van der Waals surface area contributed by atoms with E-state index in [1.165, 1.54) is 0 Å². The van der Waals surface area contributed by atoms with Crippen LogP contribution in [0.1, 0.15) is 16.7 Å². The summed E-state index contributed by atoms with van der Waals surface area (Å²) in [7, 11) is -3.36. The lowest BCUT2D eigenvalue weighted by atomic mass is 10.1. The standard InChI is InChI=1S/C15H19N3O2S/c16-10-14-5-1-2-6-15(14)12-21(19,20)18-9-7-13-4-3-8-17-11-13/h1-6,8,11,18H,7,9-10,12,16H2. The molecule has 0 radical (unpaired) electrons. The van der Waals surface area contributed by atoms with Gasteiger partial charge in [0.2, 0.25) is 10.0 Å². The summed E-state index contributed by atoms with van der Waals surface area (Å²) < 4.78 is 26.8. The van der Waals surface area contributed by atoms with Gasteiger partial charge in [-0.2, -0.15) is 0 Å². The molecule has 0 spiro atoms. The molecule has 2 rings (SSSR count). The summed E-state index contributed by atoms with van der Waals surface area (Å²) in [6.45, 7) is 0.695. The van der Waals surface area contributed by atoms with Crippen molar-refractivity contribution >= 4 is 10.0 Å². The first-order chi connectivity index (χ1) is 10.1. The largest absolute Gasteiger partial charge is 0.326 e. The number of pyridine rings is 1. The third kappa shape index (κ3) is 4.93. The predicted octanol–water partition coefficient (Wildman–Crippen LogP) is 1.20. The van der Waals surface area contributed by atoms with Crippen LogP contribution in [0.5, 0.6) is 0 Å². The van der Waals surface area contributed by atoms with E-state index < -0.39 is 10.0 Å². The van der Waals surface area contributed by atoms with Crippen molar-refractivity contribution in [2.24, 2.45) is 5.73 Å². The van der Waals surface area contributed by atoms with Gasteiger partial charge >= 0.3 is 0 Å². The number of hydrogen-bond donors (Lipinski definition) is 2. The van der Waals surface area contributed by atoms with E-state index in [1.807, 2.05) is 30.3 Å². The first-order valence-corrected chi connectivity index (χ1v) is 8.39. The van der Waals surface area contributed by atoms with Gasteiger partial charge in [-0.25, -0.2) is 13.1 Å². The minimum Gasteiger partial charge on any atom is -0.326 e. The molecule has 0 atom stereocenters. The van der Waals surface area contributed by atoms with Crippen LogP contribution in [0.25, 0.3) is 0 Å². The lowest BCUT2D eigenvalue weighted by molar-refractivity contribution is 0.580. The Hall–Kier alpha value is -1.76. The molecule has 0 saturated carbocycles. The first-order valence-electron chi connectivity index (χ1n) is 6.74. The second kappa shape index (κ2) is 7.31. The van der Waals surface area contributed by atoms with Crippen LogP contribution in [0.15, 0.2) is 48.8 Å². The fourth-order valence-electron chi connectivity index (χ4n) is 2.05. The lowest BCUT2D eigenvalue weighted by Crippen LogP contribution is -2.27. The van der Waals surface area contributed by atoms with E-state index >= 15 is 0 Å². The lowest BCUT2D eigenvalue weighted by Gasteiger charge is -2.10. The summed E-state index contributed by atoms with van der Waals surface area (Å²) in [4.78, 5) is 4.00. The Morgan fingerprint density at radius 2 is 1.86 bits per heavy atom. The molecular weight excluding hydrogens is 286 g/mol. The fourth-order valence-corrected chi connectivity index (χ4v) is 3.26. The molecule has 0 unspecified atom stereocenters. The molecule has 0 fully saturated rings. The third-order valence-corrected chi connectivity index (χ3v) is 4.48. The van der Waals surface area contributed by atoms with Crippen molar-refractivity contribution < 1.29 is 8.42 Å². The van der Waals surface area contributed by atoms with Gasteiger partial charge in [0.1, 0.15) is 0 Å². The van der Waals surface area contributed by atoms with E-state index in [2.05, 4.69) is 9.71 Å². The zero-order valence-corrected chi connectivity index (χ0v) is 12.5. The van der Waals surface area contributed by atoms with Crippen LogP contribution in [-0.2, 0) is 28.7 Å². The normalized spacial score (nSPS) is 11.5. The molecule has 2 aromatic rings. The van der Waals surface area contributed by atoms with E-state index in [9.17, 15) is 8.42 Å². The molecule has 0 bridgehead atoms. The van der Waals surface area contributed by atoms with Crippen molar-refractivity contribution in [2.45, 2.75) is 18.7 Å². The second-order valence-corrected chi connectivity index (χ2v) is 6.54. The summed E-state index contributed by atoms with van der Waals surface area (Å²) in [6, 6.07) is 11.1. The third-order valence-electron chi connectivity index (χ3n) is 3.14. The van der Waals surface area contributed by atoms with Gasteiger partial charge in [0.15, 0.2) is 0 Å². The smallest absolute Gasteiger partial charge is 0.215 e. The predicted molar refractivity (Wildman–Crippen MR) is 82.9 cm³/mol. The SMILES string of the molecule is NCc1ccccc1CS(=O)(=O)NCCc1cccnc1. The summed E-state index contributed by atoms with van der Waals surface area (Å²) in [5.41, 5.74) is 8.23. The van der Waals surface area contributed by atoms with Gasteiger partial charge in [-0.1, -0.05) is 30.3 Å². The summed E-state index contributed by atoms with van der Waals surface area (Å²) in [5.74, 6) is -0.0482. The van der Waals surface area contributed by atoms with Crippen molar-refractivity contribution in [3.05, 3.63) is 65.5 Å². The molecule has 1 aromatic carbocycles. The van der Waals surface area contributed by atoms with Crippen molar-refractivity contribution in [2.75, 3.05) is 6.54 Å². The van der Waals surface area contributed by atoms with Gasteiger partial charge in [-0.3, -0.25) is 4.98 Å². The number of aromatic nitrogens is 1. The number of nitrogens with one attached hydrogen (secondary N) is 1. The number of hydrogen-bond acceptors (Lipinski definition) is 4. The molecule has 21 heavy (non-hydrogen) atoms. The van der Waals surface area contributed by atoms with Crippen LogP contribution >= 0.6 is 0 Å². The zero-order chi connectivity index (χ0) is 15.1. The molecule has 0 aliphatic heterocycles. The summed E-state index contributed by atoms with van der Waals surface area (Å²) >= 11 is 0. The van der Waals surface area contributed by atoms with E-state index in [4.69, 9.17) is 5.73 Å².